The van der Waals surface area contributed by atoms with Crippen LogP contribution in [0.15, 0.2) is 54.7 Å². The molecule has 0 spiro atoms. The van der Waals surface area contributed by atoms with Crippen LogP contribution in [-0.2, 0) is 13.1 Å². The molecule has 0 saturated heterocycles. The molecule has 146 valence electrons. The summed E-state index contributed by atoms with van der Waals surface area (Å²) >= 11 is 0. The number of hydrogen-bond acceptors (Lipinski definition) is 6. The van der Waals surface area contributed by atoms with Gasteiger partial charge in [-0.15, -0.1) is 0 Å². The summed E-state index contributed by atoms with van der Waals surface area (Å²) in [5.74, 6) is -0.190. The van der Waals surface area contributed by atoms with Crippen LogP contribution in [-0.4, -0.2) is 39.1 Å². The lowest BCUT2D eigenvalue weighted by atomic mass is 10.0. The Kier molecular flexibility index (Phi) is 5.22. The standard InChI is InChI=1S/C21H19N5O3/c22-13-17-2-1-3-19(12-17)18-6-4-16(5-7-18)14-24-8-9-25-15-20(26(27)28)23-21(25)29-11-10-24/h1-7,12,15H,8-11,14H2. The molecule has 0 aliphatic carbocycles. The first kappa shape index (κ1) is 18.7. The Morgan fingerprint density at radius 3 is 2.72 bits per heavy atom. The molecule has 0 radical (unpaired) electrons. The monoisotopic (exact) mass is 389 g/mol. The summed E-state index contributed by atoms with van der Waals surface area (Å²) in [4.78, 5) is 16.6. The number of fused-ring (bicyclic) bond motifs is 1. The number of nitro groups is 1. The van der Waals surface area contributed by atoms with Gasteiger partial charge in [-0.3, -0.25) is 9.47 Å². The van der Waals surface area contributed by atoms with Gasteiger partial charge < -0.3 is 14.9 Å². The van der Waals surface area contributed by atoms with Crippen molar-refractivity contribution in [2.45, 2.75) is 13.1 Å². The molecular weight excluding hydrogens is 370 g/mol. The number of rotatable bonds is 4. The predicted octanol–water partition coefficient (Wildman–Crippen LogP) is 3.22. The second kappa shape index (κ2) is 8.12. The fourth-order valence-corrected chi connectivity index (χ4v) is 3.36. The molecule has 0 fully saturated rings. The lowest BCUT2D eigenvalue weighted by Gasteiger charge is -2.24. The number of benzene rings is 2. The highest BCUT2D eigenvalue weighted by Crippen LogP contribution is 2.22. The third-order valence-electron chi connectivity index (χ3n) is 4.90. The summed E-state index contributed by atoms with van der Waals surface area (Å²) in [6.07, 6.45) is 1.42. The topological polar surface area (TPSA) is 97.2 Å². The fourth-order valence-electron chi connectivity index (χ4n) is 3.36. The van der Waals surface area contributed by atoms with Gasteiger partial charge >= 0.3 is 11.8 Å². The number of imidazole rings is 1. The van der Waals surface area contributed by atoms with Gasteiger partial charge in [0.15, 0.2) is 0 Å². The van der Waals surface area contributed by atoms with Gasteiger partial charge in [-0.2, -0.15) is 5.26 Å². The smallest absolute Gasteiger partial charge is 0.414 e. The number of ether oxygens (including phenoxy) is 1. The van der Waals surface area contributed by atoms with E-state index in [1.165, 1.54) is 11.8 Å². The molecule has 0 saturated carbocycles. The third kappa shape index (κ3) is 4.25. The van der Waals surface area contributed by atoms with E-state index in [-0.39, 0.29) is 5.82 Å². The van der Waals surface area contributed by atoms with Crippen LogP contribution in [0.1, 0.15) is 11.1 Å². The lowest BCUT2D eigenvalue weighted by molar-refractivity contribution is -0.389. The van der Waals surface area contributed by atoms with E-state index in [2.05, 4.69) is 40.2 Å². The van der Waals surface area contributed by atoms with Gasteiger partial charge in [0.2, 0.25) is 0 Å². The van der Waals surface area contributed by atoms with E-state index in [4.69, 9.17) is 10.00 Å². The maximum Gasteiger partial charge on any atom is 0.414 e. The first-order valence-corrected chi connectivity index (χ1v) is 9.28. The lowest BCUT2D eigenvalue weighted by Crippen LogP contribution is -2.33. The molecule has 29 heavy (non-hydrogen) atoms. The van der Waals surface area contributed by atoms with Crippen molar-refractivity contribution in [3.05, 3.63) is 76.0 Å². The Morgan fingerprint density at radius 1 is 1.14 bits per heavy atom. The zero-order valence-corrected chi connectivity index (χ0v) is 15.7. The van der Waals surface area contributed by atoms with Crippen molar-refractivity contribution in [3.8, 4) is 23.2 Å². The van der Waals surface area contributed by atoms with Crippen LogP contribution in [0.2, 0.25) is 0 Å². The molecule has 0 bridgehead atoms. The molecule has 8 heteroatoms. The van der Waals surface area contributed by atoms with Crippen LogP contribution >= 0.6 is 0 Å². The second-order valence-corrected chi connectivity index (χ2v) is 6.85. The Balaban J connectivity index is 1.42. The summed E-state index contributed by atoms with van der Waals surface area (Å²) in [7, 11) is 0. The van der Waals surface area contributed by atoms with Crippen LogP contribution < -0.4 is 4.74 Å². The van der Waals surface area contributed by atoms with E-state index >= 15 is 0 Å². The Labute approximate surface area is 167 Å². The van der Waals surface area contributed by atoms with Gasteiger partial charge in [0.05, 0.1) is 11.6 Å². The largest absolute Gasteiger partial charge is 0.444 e. The summed E-state index contributed by atoms with van der Waals surface area (Å²) in [5, 5.41) is 20.0. The number of aromatic nitrogens is 2. The second-order valence-electron chi connectivity index (χ2n) is 6.85. The predicted molar refractivity (Wildman–Crippen MR) is 106 cm³/mol. The maximum absolute atomic E-state index is 10.9. The number of nitrogens with zero attached hydrogens (tertiary/aromatic N) is 5. The van der Waals surface area contributed by atoms with Crippen LogP contribution in [0.25, 0.3) is 11.1 Å². The average molecular weight is 389 g/mol. The summed E-state index contributed by atoms with van der Waals surface area (Å²) in [5.41, 5.74) is 3.90. The first-order chi connectivity index (χ1) is 14.1. The number of hydrogen-bond donors (Lipinski definition) is 0. The normalized spacial score (nSPS) is 14.2. The molecule has 2 heterocycles. The zero-order chi connectivity index (χ0) is 20.2. The van der Waals surface area contributed by atoms with Gasteiger partial charge in [0.1, 0.15) is 12.8 Å². The molecule has 1 aromatic heterocycles. The van der Waals surface area contributed by atoms with Crippen molar-refractivity contribution >= 4 is 5.82 Å². The van der Waals surface area contributed by atoms with Gasteiger partial charge in [-0.1, -0.05) is 36.4 Å². The first-order valence-electron chi connectivity index (χ1n) is 9.28. The van der Waals surface area contributed by atoms with Gasteiger partial charge in [0.25, 0.3) is 0 Å². The van der Waals surface area contributed by atoms with Crippen LogP contribution in [0.5, 0.6) is 6.01 Å². The molecule has 2 aromatic carbocycles. The van der Waals surface area contributed by atoms with E-state index in [0.29, 0.717) is 31.3 Å². The van der Waals surface area contributed by atoms with Crippen molar-refractivity contribution in [3.63, 3.8) is 0 Å². The summed E-state index contributed by atoms with van der Waals surface area (Å²) in [6, 6.07) is 18.3. The number of nitriles is 1. The molecule has 0 amide bonds. The molecular formula is C21H19N5O3. The highest BCUT2D eigenvalue weighted by Gasteiger charge is 2.22. The third-order valence-corrected chi connectivity index (χ3v) is 4.90. The molecule has 4 rings (SSSR count). The summed E-state index contributed by atoms with van der Waals surface area (Å²) in [6.45, 7) is 3.22. The van der Waals surface area contributed by atoms with E-state index in [1.807, 2.05) is 18.2 Å². The fraction of sp³-hybridized carbons (Fsp3) is 0.238. The van der Waals surface area contributed by atoms with E-state index in [1.54, 1.807) is 10.6 Å². The molecule has 8 nitrogen and oxygen atoms in total. The SMILES string of the molecule is N#Cc1cccc(-c2ccc(CN3CCOc4nc([N+](=O)[O-])cn4CC3)cc2)c1. The molecule has 0 N–H and O–H groups in total. The Morgan fingerprint density at radius 2 is 1.97 bits per heavy atom. The van der Waals surface area contributed by atoms with E-state index in [0.717, 1.165) is 24.2 Å². The highest BCUT2D eigenvalue weighted by molar-refractivity contribution is 5.65. The van der Waals surface area contributed by atoms with E-state index in [9.17, 15) is 10.1 Å². The quantitative estimate of drug-likeness (QED) is 0.502. The minimum atomic E-state index is -0.507. The Hall–Kier alpha value is -3.70. The Bertz CT molecular complexity index is 1070. The van der Waals surface area contributed by atoms with Crippen molar-refractivity contribution in [2.24, 2.45) is 0 Å². The van der Waals surface area contributed by atoms with Crippen LogP contribution in [0.3, 0.4) is 0 Å². The molecule has 0 unspecified atom stereocenters. The van der Waals surface area contributed by atoms with Crippen LogP contribution in [0, 0.1) is 21.4 Å². The van der Waals surface area contributed by atoms with Crippen molar-refractivity contribution in [1.29, 1.82) is 5.26 Å². The molecule has 1 aliphatic rings. The molecule has 0 atom stereocenters. The van der Waals surface area contributed by atoms with Gasteiger partial charge in [0, 0.05) is 31.2 Å². The zero-order valence-electron chi connectivity index (χ0n) is 15.7. The average Bonchev–Trinajstić information content (AvgIpc) is 3.13. The van der Waals surface area contributed by atoms with Crippen molar-refractivity contribution in [2.75, 3.05) is 19.7 Å². The van der Waals surface area contributed by atoms with Crippen LogP contribution in [0.4, 0.5) is 5.82 Å². The summed E-state index contributed by atoms with van der Waals surface area (Å²) < 4.78 is 7.30. The van der Waals surface area contributed by atoms with Crippen molar-refractivity contribution < 1.29 is 9.66 Å². The molecule has 1 aliphatic heterocycles. The van der Waals surface area contributed by atoms with E-state index < -0.39 is 4.92 Å². The van der Waals surface area contributed by atoms with Crippen molar-refractivity contribution in [1.82, 2.24) is 14.5 Å². The highest BCUT2D eigenvalue weighted by atomic mass is 16.6. The van der Waals surface area contributed by atoms with Gasteiger partial charge in [-0.25, -0.2) is 0 Å². The minimum Gasteiger partial charge on any atom is -0.444 e. The minimum absolute atomic E-state index is 0.190. The maximum atomic E-state index is 10.9. The van der Waals surface area contributed by atoms with Gasteiger partial charge in [-0.05, 0) is 33.7 Å². The molecule has 3 aromatic rings.